The van der Waals surface area contributed by atoms with Crippen LogP contribution in [-0.4, -0.2) is 100 Å². The highest BCUT2D eigenvalue weighted by atomic mass is 16.5. The Kier molecular flexibility index (Phi) is 7.78. The zero-order valence-corrected chi connectivity index (χ0v) is 22.3. The van der Waals surface area contributed by atoms with Gasteiger partial charge in [-0.3, -0.25) is 24.1 Å². The Hall–Kier alpha value is -4.33. The van der Waals surface area contributed by atoms with Crippen LogP contribution in [0.3, 0.4) is 0 Å². The smallest absolute Gasteiger partial charge is 0.334 e. The molecule has 0 spiro atoms. The van der Waals surface area contributed by atoms with Crippen LogP contribution >= 0.6 is 0 Å². The van der Waals surface area contributed by atoms with Gasteiger partial charge >= 0.3 is 17.8 Å². The first kappa shape index (κ1) is 27.2. The predicted molar refractivity (Wildman–Crippen MR) is 136 cm³/mol. The van der Waals surface area contributed by atoms with Crippen molar-refractivity contribution in [2.24, 2.45) is 5.92 Å². The number of benzene rings is 1. The number of para-hydroxylation sites is 2. The fourth-order valence-corrected chi connectivity index (χ4v) is 4.82. The summed E-state index contributed by atoms with van der Waals surface area (Å²) in [6.45, 7) is 2.54. The third kappa shape index (κ3) is 5.66. The van der Waals surface area contributed by atoms with Gasteiger partial charge in [0, 0.05) is 26.6 Å². The van der Waals surface area contributed by atoms with E-state index in [2.05, 4.69) is 10.1 Å². The molecule has 1 atom stereocenters. The molecule has 5 rings (SSSR count). The molecule has 2 aromatic rings. The Morgan fingerprint density at radius 1 is 1.12 bits per heavy atom. The van der Waals surface area contributed by atoms with Gasteiger partial charge in [0.15, 0.2) is 5.82 Å². The van der Waals surface area contributed by atoms with Crippen molar-refractivity contribution in [1.82, 2.24) is 24.8 Å². The molecule has 0 N–H and O–H groups in total. The van der Waals surface area contributed by atoms with Crippen molar-refractivity contribution in [2.45, 2.75) is 38.8 Å². The number of anilines is 1. The van der Waals surface area contributed by atoms with Gasteiger partial charge in [-0.25, -0.2) is 9.69 Å². The Morgan fingerprint density at radius 2 is 1.88 bits per heavy atom. The molecular formula is C26H30N6O8. The average molecular weight is 555 g/mol. The third-order valence-electron chi connectivity index (χ3n) is 7.09. The number of nitrogens with zero attached hydrogens (tertiary/aromatic N) is 6. The fraction of sp³-hybridized carbons (Fsp3) is 0.500. The van der Waals surface area contributed by atoms with Crippen molar-refractivity contribution < 1.29 is 38.0 Å². The van der Waals surface area contributed by atoms with Crippen LogP contribution in [0.1, 0.15) is 31.5 Å². The summed E-state index contributed by atoms with van der Waals surface area (Å²) in [5.74, 6) is -1.70. The van der Waals surface area contributed by atoms with Crippen LogP contribution in [0.5, 0.6) is 5.75 Å². The number of rotatable bonds is 10. The minimum atomic E-state index is -0.950. The van der Waals surface area contributed by atoms with E-state index in [0.29, 0.717) is 24.6 Å². The van der Waals surface area contributed by atoms with Crippen LogP contribution in [0.2, 0.25) is 0 Å². The van der Waals surface area contributed by atoms with E-state index >= 15 is 0 Å². The zero-order valence-electron chi connectivity index (χ0n) is 22.3. The zero-order chi connectivity index (χ0) is 28.4. The highest BCUT2D eigenvalue weighted by Gasteiger charge is 2.46. The minimum absolute atomic E-state index is 0.0310. The highest BCUT2D eigenvalue weighted by molar-refractivity contribution is 6.44. The lowest BCUT2D eigenvalue weighted by Gasteiger charge is -2.38. The van der Waals surface area contributed by atoms with Gasteiger partial charge in [0.05, 0.1) is 38.5 Å². The molecule has 1 aromatic heterocycles. The number of carbonyl (C=O) groups is 5. The summed E-state index contributed by atoms with van der Waals surface area (Å²) < 4.78 is 16.3. The lowest BCUT2D eigenvalue weighted by atomic mass is 10.1. The van der Waals surface area contributed by atoms with Crippen LogP contribution in [0, 0.1) is 5.92 Å². The number of imide groups is 2. The van der Waals surface area contributed by atoms with Gasteiger partial charge in [-0.2, -0.15) is 4.98 Å². The van der Waals surface area contributed by atoms with E-state index < -0.39 is 23.8 Å². The molecule has 40 heavy (non-hydrogen) atoms. The normalized spacial score (nSPS) is 19.4. The van der Waals surface area contributed by atoms with Gasteiger partial charge in [-0.15, -0.1) is 0 Å². The Morgan fingerprint density at radius 3 is 2.60 bits per heavy atom. The Labute approximate surface area is 229 Å². The van der Waals surface area contributed by atoms with Gasteiger partial charge in [0.25, 0.3) is 0 Å². The van der Waals surface area contributed by atoms with Crippen molar-refractivity contribution in [3.8, 4) is 5.75 Å². The second kappa shape index (κ2) is 11.4. The van der Waals surface area contributed by atoms with Crippen LogP contribution in [0.15, 0.2) is 28.8 Å². The van der Waals surface area contributed by atoms with Gasteiger partial charge in [-0.1, -0.05) is 17.3 Å². The van der Waals surface area contributed by atoms with Crippen molar-refractivity contribution in [1.29, 1.82) is 0 Å². The van der Waals surface area contributed by atoms with Gasteiger partial charge in [-0.05, 0) is 30.9 Å². The molecule has 14 heteroatoms. The predicted octanol–water partition coefficient (Wildman–Crippen LogP) is 0.602. The van der Waals surface area contributed by atoms with E-state index in [-0.39, 0.29) is 62.2 Å². The number of carbonyl (C=O) groups excluding carboxylic acids is 5. The van der Waals surface area contributed by atoms with E-state index in [1.165, 1.54) is 18.9 Å². The first-order chi connectivity index (χ1) is 19.3. The number of morpholine rings is 1. The van der Waals surface area contributed by atoms with Crippen LogP contribution in [0.25, 0.3) is 0 Å². The molecule has 1 saturated carbocycles. The summed E-state index contributed by atoms with van der Waals surface area (Å²) in [5, 5.41) is 3.85. The molecule has 1 aliphatic carbocycles. The van der Waals surface area contributed by atoms with Crippen molar-refractivity contribution in [2.75, 3.05) is 44.9 Å². The van der Waals surface area contributed by atoms with Crippen LogP contribution in [0.4, 0.5) is 10.5 Å². The number of amides is 6. The molecule has 0 radical (unpaired) electrons. The maximum absolute atomic E-state index is 13.6. The molecule has 0 unspecified atom stereocenters. The summed E-state index contributed by atoms with van der Waals surface area (Å²) in [5.41, 5.74) is 0.496. The maximum Gasteiger partial charge on any atom is 0.334 e. The number of urea groups is 1. The largest absolute Gasteiger partial charge is 0.495 e. The van der Waals surface area contributed by atoms with Gasteiger partial charge < -0.3 is 23.8 Å². The summed E-state index contributed by atoms with van der Waals surface area (Å²) >= 11 is 0. The molecule has 3 aliphatic rings. The molecule has 2 aliphatic heterocycles. The highest BCUT2D eigenvalue weighted by Crippen LogP contribution is 2.32. The molecule has 3 fully saturated rings. The van der Waals surface area contributed by atoms with Crippen molar-refractivity contribution >= 4 is 35.3 Å². The quantitative estimate of drug-likeness (QED) is 0.301. The number of hydrogen-bond donors (Lipinski definition) is 0. The molecule has 2 saturated heterocycles. The van der Waals surface area contributed by atoms with Crippen molar-refractivity contribution in [3.05, 3.63) is 36.0 Å². The number of hydrogen-bond acceptors (Lipinski definition) is 10. The standard InChI is InChI=1S/C26H30N6O8/c1-16(33)29-9-10-39-15-18(29)13-30(19-5-3-4-6-20(19)38-2)23(34)11-21-27-22(40-28-21)14-32-25(36)24(35)31(26(32)37)12-17-7-8-17/h3-6,17-18H,7-15H2,1-2H3/t18-/m1/s1. The van der Waals surface area contributed by atoms with Gasteiger partial charge in [0.1, 0.15) is 12.3 Å². The topological polar surface area (TPSA) is 156 Å². The summed E-state index contributed by atoms with van der Waals surface area (Å²) in [7, 11) is 1.50. The fourth-order valence-electron chi connectivity index (χ4n) is 4.82. The second-order valence-corrected chi connectivity index (χ2v) is 9.93. The molecule has 0 bridgehead atoms. The average Bonchev–Trinajstić information content (AvgIpc) is 3.64. The van der Waals surface area contributed by atoms with Gasteiger partial charge in [0.2, 0.25) is 17.7 Å². The van der Waals surface area contributed by atoms with Crippen LogP contribution < -0.4 is 9.64 Å². The Balaban J connectivity index is 1.31. The Bertz CT molecular complexity index is 1320. The van der Waals surface area contributed by atoms with Crippen molar-refractivity contribution in [3.63, 3.8) is 0 Å². The maximum atomic E-state index is 13.6. The third-order valence-corrected chi connectivity index (χ3v) is 7.09. The summed E-state index contributed by atoms with van der Waals surface area (Å²) in [4.78, 5) is 72.3. The first-order valence-corrected chi connectivity index (χ1v) is 13.0. The molecule has 14 nitrogen and oxygen atoms in total. The number of aromatic nitrogens is 2. The summed E-state index contributed by atoms with van der Waals surface area (Å²) in [6, 6.07) is 5.89. The number of methoxy groups -OCH3 is 1. The lowest BCUT2D eigenvalue weighted by molar-refractivity contribution is -0.143. The van der Waals surface area contributed by atoms with Crippen LogP contribution in [-0.2, 0) is 36.9 Å². The minimum Gasteiger partial charge on any atom is -0.495 e. The van der Waals surface area contributed by atoms with E-state index in [1.807, 2.05) is 0 Å². The molecule has 3 heterocycles. The molecule has 6 amide bonds. The molecular weight excluding hydrogens is 524 g/mol. The second-order valence-electron chi connectivity index (χ2n) is 9.93. The number of ether oxygens (including phenoxy) is 2. The van der Waals surface area contributed by atoms with E-state index in [4.69, 9.17) is 14.0 Å². The molecule has 212 valence electrons. The summed E-state index contributed by atoms with van der Waals surface area (Å²) in [6.07, 6.45) is 1.56. The first-order valence-electron chi connectivity index (χ1n) is 13.0. The lowest BCUT2D eigenvalue weighted by Crippen LogP contribution is -2.54. The molecule has 1 aromatic carbocycles. The monoisotopic (exact) mass is 554 g/mol. The SMILES string of the molecule is COc1ccccc1N(C[C@@H]1COCCN1C(C)=O)C(=O)Cc1noc(CN2C(=O)C(=O)N(CC3CC3)C2=O)n1. The van der Waals surface area contributed by atoms with E-state index in [9.17, 15) is 24.0 Å². The van der Waals surface area contributed by atoms with E-state index in [1.54, 1.807) is 29.2 Å². The van der Waals surface area contributed by atoms with E-state index in [0.717, 1.165) is 22.6 Å².